The van der Waals surface area contributed by atoms with E-state index in [9.17, 15) is 4.79 Å². The zero-order valence-electron chi connectivity index (χ0n) is 10.4. The van der Waals surface area contributed by atoms with E-state index in [0.29, 0.717) is 11.8 Å². The summed E-state index contributed by atoms with van der Waals surface area (Å²) >= 11 is 0. The Kier molecular flexibility index (Phi) is 4.22. The zero-order chi connectivity index (χ0) is 11.4. The van der Waals surface area contributed by atoms with Gasteiger partial charge in [-0.2, -0.15) is 0 Å². The summed E-state index contributed by atoms with van der Waals surface area (Å²) in [7, 11) is 0. The molecule has 0 spiro atoms. The van der Waals surface area contributed by atoms with Crippen molar-refractivity contribution in [1.29, 1.82) is 0 Å². The van der Waals surface area contributed by atoms with Gasteiger partial charge in [0.25, 0.3) is 0 Å². The predicted molar refractivity (Wildman–Crippen MR) is 65.2 cm³/mol. The molecule has 3 nitrogen and oxygen atoms in total. The standard InChI is InChI=1S/C13H24N2O/c1-2-4-11-9-13(16)15(10-11)8-3-7-14-12-5-6-12/h11-12,14H,2-10H2,1H3. The van der Waals surface area contributed by atoms with Crippen molar-refractivity contribution in [1.82, 2.24) is 10.2 Å². The number of hydrogen-bond donors (Lipinski definition) is 1. The van der Waals surface area contributed by atoms with Crippen LogP contribution in [0.5, 0.6) is 0 Å². The SMILES string of the molecule is CCCC1CC(=O)N(CCCNC2CC2)C1. The van der Waals surface area contributed by atoms with Crippen LogP contribution in [0.25, 0.3) is 0 Å². The van der Waals surface area contributed by atoms with E-state index in [0.717, 1.165) is 38.5 Å². The Hall–Kier alpha value is -0.570. The fourth-order valence-electron chi connectivity index (χ4n) is 2.54. The highest BCUT2D eigenvalue weighted by Crippen LogP contribution is 2.22. The van der Waals surface area contributed by atoms with Crippen molar-refractivity contribution in [3.63, 3.8) is 0 Å². The molecule has 0 aromatic heterocycles. The Labute approximate surface area is 98.6 Å². The van der Waals surface area contributed by atoms with E-state index in [1.807, 2.05) is 0 Å². The highest BCUT2D eigenvalue weighted by atomic mass is 16.2. The molecule has 2 aliphatic rings. The summed E-state index contributed by atoms with van der Waals surface area (Å²) in [6.45, 7) is 5.24. The molecule has 1 saturated carbocycles. The summed E-state index contributed by atoms with van der Waals surface area (Å²) in [5.74, 6) is 1.01. The van der Waals surface area contributed by atoms with Crippen molar-refractivity contribution in [2.24, 2.45) is 5.92 Å². The molecule has 1 aliphatic carbocycles. The summed E-state index contributed by atoms with van der Waals surface area (Å²) in [6.07, 6.45) is 7.02. The van der Waals surface area contributed by atoms with Gasteiger partial charge < -0.3 is 10.2 Å². The molecule has 1 heterocycles. The fourth-order valence-corrected chi connectivity index (χ4v) is 2.54. The molecule has 0 bridgehead atoms. The van der Waals surface area contributed by atoms with Crippen LogP contribution < -0.4 is 5.32 Å². The second-order valence-electron chi connectivity index (χ2n) is 5.28. The van der Waals surface area contributed by atoms with Gasteiger partial charge >= 0.3 is 0 Å². The Balaban J connectivity index is 1.59. The number of likely N-dealkylation sites (tertiary alicyclic amines) is 1. The van der Waals surface area contributed by atoms with Crippen molar-refractivity contribution in [2.45, 2.75) is 51.5 Å². The van der Waals surface area contributed by atoms with E-state index >= 15 is 0 Å². The molecule has 1 N–H and O–H groups in total. The Morgan fingerprint density at radius 2 is 2.25 bits per heavy atom. The van der Waals surface area contributed by atoms with E-state index < -0.39 is 0 Å². The summed E-state index contributed by atoms with van der Waals surface area (Å²) < 4.78 is 0. The monoisotopic (exact) mass is 224 g/mol. The van der Waals surface area contributed by atoms with Gasteiger partial charge in [-0.05, 0) is 38.1 Å². The minimum Gasteiger partial charge on any atom is -0.342 e. The molecule has 1 saturated heterocycles. The number of carbonyl (C=O) groups is 1. The number of rotatable bonds is 7. The lowest BCUT2D eigenvalue weighted by Crippen LogP contribution is -2.29. The van der Waals surface area contributed by atoms with E-state index in [1.54, 1.807) is 0 Å². The van der Waals surface area contributed by atoms with Crippen molar-refractivity contribution in [2.75, 3.05) is 19.6 Å². The zero-order valence-corrected chi connectivity index (χ0v) is 10.4. The van der Waals surface area contributed by atoms with Crippen LogP contribution in [-0.4, -0.2) is 36.5 Å². The van der Waals surface area contributed by atoms with Crippen molar-refractivity contribution >= 4 is 5.91 Å². The van der Waals surface area contributed by atoms with Crippen molar-refractivity contribution < 1.29 is 4.79 Å². The van der Waals surface area contributed by atoms with Crippen LogP contribution in [0.1, 0.15) is 45.4 Å². The number of carbonyl (C=O) groups excluding carboxylic acids is 1. The quantitative estimate of drug-likeness (QED) is 0.669. The average Bonchev–Trinajstić information content (AvgIpc) is 3.00. The molecule has 0 aromatic rings. The van der Waals surface area contributed by atoms with Crippen LogP contribution in [0.3, 0.4) is 0 Å². The number of hydrogen-bond acceptors (Lipinski definition) is 2. The third-order valence-corrected chi connectivity index (χ3v) is 3.61. The summed E-state index contributed by atoms with van der Waals surface area (Å²) in [6, 6.07) is 0.794. The topological polar surface area (TPSA) is 32.3 Å². The molecule has 1 atom stereocenters. The Bertz CT molecular complexity index is 238. The molecule has 16 heavy (non-hydrogen) atoms. The maximum atomic E-state index is 11.7. The molecular formula is C13H24N2O. The first-order valence-electron chi connectivity index (χ1n) is 6.80. The fraction of sp³-hybridized carbons (Fsp3) is 0.923. The minimum absolute atomic E-state index is 0.380. The van der Waals surface area contributed by atoms with Gasteiger partial charge in [0.05, 0.1) is 0 Å². The summed E-state index contributed by atoms with van der Waals surface area (Å²) in [5, 5.41) is 3.49. The molecule has 0 aromatic carbocycles. The van der Waals surface area contributed by atoms with Gasteiger partial charge in [-0.3, -0.25) is 4.79 Å². The van der Waals surface area contributed by atoms with Crippen LogP contribution >= 0.6 is 0 Å². The number of amides is 1. The van der Waals surface area contributed by atoms with E-state index in [1.165, 1.54) is 25.7 Å². The van der Waals surface area contributed by atoms with Crippen molar-refractivity contribution in [3.8, 4) is 0 Å². The van der Waals surface area contributed by atoms with Gasteiger partial charge in [0, 0.05) is 25.6 Å². The van der Waals surface area contributed by atoms with E-state index in [2.05, 4.69) is 17.1 Å². The van der Waals surface area contributed by atoms with Crippen LogP contribution in [0.4, 0.5) is 0 Å². The van der Waals surface area contributed by atoms with Crippen LogP contribution in [0.2, 0.25) is 0 Å². The van der Waals surface area contributed by atoms with E-state index in [-0.39, 0.29) is 0 Å². The highest BCUT2D eigenvalue weighted by Gasteiger charge is 2.28. The summed E-state index contributed by atoms with van der Waals surface area (Å²) in [5.41, 5.74) is 0. The minimum atomic E-state index is 0.380. The van der Waals surface area contributed by atoms with Gasteiger partial charge in [-0.15, -0.1) is 0 Å². The maximum absolute atomic E-state index is 11.7. The molecule has 2 rings (SSSR count). The first kappa shape index (κ1) is 11.9. The van der Waals surface area contributed by atoms with Crippen molar-refractivity contribution in [3.05, 3.63) is 0 Å². The third kappa shape index (κ3) is 3.48. The number of nitrogens with zero attached hydrogens (tertiary/aromatic N) is 1. The Morgan fingerprint density at radius 3 is 2.94 bits per heavy atom. The van der Waals surface area contributed by atoms with Crippen LogP contribution in [-0.2, 0) is 4.79 Å². The third-order valence-electron chi connectivity index (χ3n) is 3.61. The van der Waals surface area contributed by atoms with E-state index in [4.69, 9.17) is 0 Å². The maximum Gasteiger partial charge on any atom is 0.222 e. The van der Waals surface area contributed by atoms with Crippen LogP contribution in [0, 0.1) is 5.92 Å². The van der Waals surface area contributed by atoms with Gasteiger partial charge in [0.1, 0.15) is 0 Å². The molecule has 0 radical (unpaired) electrons. The van der Waals surface area contributed by atoms with Gasteiger partial charge in [0.15, 0.2) is 0 Å². The Morgan fingerprint density at radius 1 is 1.44 bits per heavy atom. The normalized spacial score (nSPS) is 25.4. The van der Waals surface area contributed by atoms with Crippen LogP contribution in [0.15, 0.2) is 0 Å². The predicted octanol–water partition coefficient (Wildman–Crippen LogP) is 1.78. The molecule has 92 valence electrons. The first-order chi connectivity index (χ1) is 7.79. The summed E-state index contributed by atoms with van der Waals surface area (Å²) in [4.78, 5) is 13.8. The first-order valence-corrected chi connectivity index (χ1v) is 6.80. The number of nitrogens with one attached hydrogen (secondary N) is 1. The molecule has 3 heteroatoms. The lowest BCUT2D eigenvalue weighted by molar-refractivity contribution is -0.127. The highest BCUT2D eigenvalue weighted by molar-refractivity contribution is 5.78. The second kappa shape index (κ2) is 5.67. The molecule has 1 amide bonds. The molecule has 2 fully saturated rings. The lowest BCUT2D eigenvalue weighted by Gasteiger charge is -2.16. The smallest absolute Gasteiger partial charge is 0.222 e. The lowest BCUT2D eigenvalue weighted by atomic mass is 10.0. The van der Waals surface area contributed by atoms with Gasteiger partial charge in [-0.25, -0.2) is 0 Å². The molecule has 1 aliphatic heterocycles. The van der Waals surface area contributed by atoms with Gasteiger partial charge in [-0.1, -0.05) is 13.3 Å². The second-order valence-corrected chi connectivity index (χ2v) is 5.28. The largest absolute Gasteiger partial charge is 0.342 e. The van der Waals surface area contributed by atoms with Gasteiger partial charge in [0.2, 0.25) is 5.91 Å². The average molecular weight is 224 g/mol. The molecule has 1 unspecified atom stereocenters. The molecular weight excluding hydrogens is 200 g/mol.